The summed E-state index contributed by atoms with van der Waals surface area (Å²) in [6, 6.07) is 13.8. The average molecular weight is 411 g/mol. The maximum Gasteiger partial charge on any atom is 0.573 e. The standard InChI is InChI=1S/C23H20F3N3O/c24-23(25,26)30-21-9-7-17(8-10-21)16-29-13-3-6-20(29)14-18-4-2-12-28-22(18)19-5-1-11-27-15-19/h1,3,5-11,13-15H,2,4,12,16H2. The summed E-state index contributed by atoms with van der Waals surface area (Å²) in [5.74, 6) is -0.222. The second kappa shape index (κ2) is 8.57. The predicted octanol–water partition coefficient (Wildman–Crippen LogP) is 5.50. The van der Waals surface area contributed by atoms with Crippen molar-refractivity contribution in [2.45, 2.75) is 25.7 Å². The Morgan fingerprint density at radius 3 is 2.63 bits per heavy atom. The van der Waals surface area contributed by atoms with Gasteiger partial charge in [-0.2, -0.15) is 0 Å². The molecule has 0 amide bonds. The lowest BCUT2D eigenvalue weighted by Gasteiger charge is -2.17. The number of nitrogens with zero attached hydrogens (tertiary/aromatic N) is 3. The van der Waals surface area contributed by atoms with Crippen LogP contribution in [0.1, 0.15) is 29.7 Å². The van der Waals surface area contributed by atoms with Crippen LogP contribution >= 0.6 is 0 Å². The van der Waals surface area contributed by atoms with Crippen LogP contribution < -0.4 is 4.74 Å². The van der Waals surface area contributed by atoms with Crippen molar-refractivity contribution in [1.29, 1.82) is 0 Å². The van der Waals surface area contributed by atoms with Crippen molar-refractivity contribution in [3.63, 3.8) is 0 Å². The highest BCUT2D eigenvalue weighted by Gasteiger charge is 2.30. The fraction of sp³-hybridized carbons (Fsp3) is 0.217. The molecule has 0 N–H and O–H groups in total. The number of allylic oxidation sites excluding steroid dienone is 1. The first-order chi connectivity index (χ1) is 14.5. The first-order valence-corrected chi connectivity index (χ1v) is 9.63. The number of benzene rings is 1. The zero-order chi connectivity index (χ0) is 21.0. The molecule has 7 heteroatoms. The van der Waals surface area contributed by atoms with Crippen molar-refractivity contribution in [3.8, 4) is 5.75 Å². The summed E-state index contributed by atoms with van der Waals surface area (Å²) in [4.78, 5) is 8.91. The summed E-state index contributed by atoms with van der Waals surface area (Å²) >= 11 is 0. The van der Waals surface area contributed by atoms with Gasteiger partial charge in [-0.25, -0.2) is 0 Å². The average Bonchev–Trinajstić information content (AvgIpc) is 3.16. The van der Waals surface area contributed by atoms with E-state index in [2.05, 4.69) is 20.4 Å². The van der Waals surface area contributed by atoms with Crippen LogP contribution in [-0.2, 0) is 6.54 Å². The number of halogens is 3. The minimum atomic E-state index is -4.69. The third-order valence-electron chi connectivity index (χ3n) is 4.81. The van der Waals surface area contributed by atoms with Gasteiger partial charge in [0.25, 0.3) is 0 Å². The summed E-state index contributed by atoms with van der Waals surface area (Å²) in [6.45, 7) is 1.34. The number of aromatic nitrogens is 2. The minimum absolute atomic E-state index is 0.222. The Morgan fingerprint density at radius 1 is 1.07 bits per heavy atom. The lowest BCUT2D eigenvalue weighted by Crippen LogP contribution is -2.17. The molecule has 3 aromatic rings. The zero-order valence-electron chi connectivity index (χ0n) is 16.1. The molecule has 0 fully saturated rings. The SMILES string of the molecule is FC(F)(F)Oc1ccc(Cn2cccc2C=C2CCCN=C2c2cccnc2)cc1. The molecule has 3 heterocycles. The van der Waals surface area contributed by atoms with Crippen LogP contribution in [0.5, 0.6) is 5.75 Å². The Bertz CT molecular complexity index is 1050. The van der Waals surface area contributed by atoms with E-state index in [1.165, 1.54) is 12.1 Å². The van der Waals surface area contributed by atoms with Gasteiger partial charge in [0, 0.05) is 42.9 Å². The van der Waals surface area contributed by atoms with Gasteiger partial charge in [-0.3, -0.25) is 9.98 Å². The molecule has 0 radical (unpaired) electrons. The monoisotopic (exact) mass is 411 g/mol. The van der Waals surface area contributed by atoms with E-state index in [9.17, 15) is 13.2 Å². The molecule has 30 heavy (non-hydrogen) atoms. The van der Waals surface area contributed by atoms with E-state index in [0.717, 1.165) is 47.5 Å². The molecule has 0 unspecified atom stereocenters. The van der Waals surface area contributed by atoms with Crippen LogP contribution in [0.25, 0.3) is 6.08 Å². The molecule has 0 saturated carbocycles. The fourth-order valence-corrected chi connectivity index (χ4v) is 3.47. The molecular formula is C23H20F3N3O. The molecule has 4 nitrogen and oxygen atoms in total. The molecule has 0 aliphatic carbocycles. The summed E-state index contributed by atoms with van der Waals surface area (Å²) in [6.07, 6.45) is 4.89. The molecule has 0 bridgehead atoms. The molecule has 0 spiro atoms. The maximum absolute atomic E-state index is 12.3. The second-order valence-corrected chi connectivity index (χ2v) is 7.00. The van der Waals surface area contributed by atoms with E-state index in [-0.39, 0.29) is 5.75 Å². The van der Waals surface area contributed by atoms with Gasteiger partial charge in [-0.15, -0.1) is 13.2 Å². The first-order valence-electron chi connectivity index (χ1n) is 9.63. The smallest absolute Gasteiger partial charge is 0.406 e. The quantitative estimate of drug-likeness (QED) is 0.556. The van der Waals surface area contributed by atoms with Gasteiger partial charge >= 0.3 is 6.36 Å². The van der Waals surface area contributed by atoms with E-state index in [1.54, 1.807) is 18.3 Å². The van der Waals surface area contributed by atoms with Gasteiger partial charge in [0.2, 0.25) is 0 Å². The normalized spacial score (nSPS) is 15.8. The van der Waals surface area contributed by atoms with Crippen LogP contribution in [-0.4, -0.2) is 28.2 Å². The summed E-state index contributed by atoms with van der Waals surface area (Å²) in [5, 5.41) is 0. The Kier molecular flexibility index (Phi) is 5.70. The van der Waals surface area contributed by atoms with Crippen LogP contribution in [0.3, 0.4) is 0 Å². The minimum Gasteiger partial charge on any atom is -0.406 e. The number of rotatable bonds is 5. The van der Waals surface area contributed by atoms with E-state index >= 15 is 0 Å². The Labute approximate surface area is 172 Å². The second-order valence-electron chi connectivity index (χ2n) is 7.00. The Morgan fingerprint density at radius 2 is 1.90 bits per heavy atom. The summed E-state index contributed by atoms with van der Waals surface area (Å²) in [5.41, 5.74) is 5.02. The van der Waals surface area contributed by atoms with Crippen molar-refractivity contribution in [2.75, 3.05) is 6.54 Å². The van der Waals surface area contributed by atoms with Crippen molar-refractivity contribution in [2.24, 2.45) is 4.99 Å². The Balaban J connectivity index is 1.55. The molecular weight excluding hydrogens is 391 g/mol. The van der Waals surface area contributed by atoms with Gasteiger partial charge in [-0.05, 0) is 66.5 Å². The van der Waals surface area contributed by atoms with Crippen LogP contribution in [0.4, 0.5) is 13.2 Å². The molecule has 154 valence electrons. The van der Waals surface area contributed by atoms with Crippen molar-refractivity contribution >= 4 is 11.8 Å². The van der Waals surface area contributed by atoms with E-state index in [4.69, 9.17) is 4.99 Å². The molecule has 0 atom stereocenters. The predicted molar refractivity (Wildman–Crippen MR) is 110 cm³/mol. The molecule has 0 saturated heterocycles. The highest BCUT2D eigenvalue weighted by Crippen LogP contribution is 2.24. The van der Waals surface area contributed by atoms with Gasteiger partial charge < -0.3 is 9.30 Å². The lowest BCUT2D eigenvalue weighted by molar-refractivity contribution is -0.274. The van der Waals surface area contributed by atoms with Crippen LogP contribution in [0, 0.1) is 0 Å². The number of hydrogen-bond donors (Lipinski definition) is 0. The number of hydrogen-bond acceptors (Lipinski definition) is 3. The molecule has 1 aromatic carbocycles. The van der Waals surface area contributed by atoms with Gasteiger partial charge in [0.15, 0.2) is 0 Å². The fourth-order valence-electron chi connectivity index (χ4n) is 3.47. The lowest BCUT2D eigenvalue weighted by atomic mass is 9.96. The van der Waals surface area contributed by atoms with Crippen LogP contribution in [0.2, 0.25) is 0 Å². The van der Waals surface area contributed by atoms with Gasteiger partial charge in [0.1, 0.15) is 5.75 Å². The molecule has 1 aliphatic heterocycles. The highest BCUT2D eigenvalue weighted by atomic mass is 19.4. The molecule has 4 rings (SSSR count). The van der Waals surface area contributed by atoms with E-state index in [0.29, 0.717) is 6.54 Å². The van der Waals surface area contributed by atoms with Crippen LogP contribution in [0.15, 0.2) is 77.7 Å². The first kappa shape index (κ1) is 19.9. The largest absolute Gasteiger partial charge is 0.573 e. The topological polar surface area (TPSA) is 39.4 Å². The van der Waals surface area contributed by atoms with E-state index in [1.807, 2.05) is 36.7 Å². The van der Waals surface area contributed by atoms with Gasteiger partial charge in [-0.1, -0.05) is 12.1 Å². The van der Waals surface area contributed by atoms with Crippen molar-refractivity contribution in [1.82, 2.24) is 9.55 Å². The Hall–Kier alpha value is -3.35. The third-order valence-corrected chi connectivity index (χ3v) is 4.81. The maximum atomic E-state index is 12.3. The van der Waals surface area contributed by atoms with E-state index < -0.39 is 6.36 Å². The number of pyridine rings is 1. The third kappa shape index (κ3) is 4.97. The molecule has 1 aliphatic rings. The summed E-state index contributed by atoms with van der Waals surface area (Å²) < 4.78 is 43.0. The highest BCUT2D eigenvalue weighted by molar-refractivity contribution is 6.15. The number of aliphatic imine (C=N–C) groups is 1. The number of alkyl halides is 3. The zero-order valence-corrected chi connectivity index (χ0v) is 16.1. The van der Waals surface area contributed by atoms with Crippen molar-refractivity contribution in [3.05, 3.63) is 89.5 Å². The van der Waals surface area contributed by atoms with Crippen molar-refractivity contribution < 1.29 is 17.9 Å². The summed E-state index contributed by atoms with van der Waals surface area (Å²) in [7, 11) is 0. The van der Waals surface area contributed by atoms with Gasteiger partial charge in [0.05, 0.1) is 5.71 Å². The molecule has 2 aromatic heterocycles. The number of ether oxygens (including phenoxy) is 1.